The van der Waals surface area contributed by atoms with E-state index in [1.54, 1.807) is 14.1 Å². The second kappa shape index (κ2) is 13.8. The average Bonchev–Trinajstić information content (AvgIpc) is 2.72. The van der Waals surface area contributed by atoms with E-state index in [0.29, 0.717) is 5.56 Å². The van der Waals surface area contributed by atoms with Crippen LogP contribution in [-0.4, -0.2) is 63.1 Å². The summed E-state index contributed by atoms with van der Waals surface area (Å²) < 4.78 is 0. The highest BCUT2D eigenvalue weighted by Crippen LogP contribution is 2.18. The molecule has 0 saturated carbocycles. The van der Waals surface area contributed by atoms with Crippen LogP contribution in [0.25, 0.3) is 0 Å². The number of benzene rings is 1. The number of nitrogens with one attached hydrogen (secondary N) is 3. The summed E-state index contributed by atoms with van der Waals surface area (Å²) in [6, 6.07) is 8.49. The molecule has 158 valence electrons. The fraction of sp³-hybridized carbons (Fsp3) is 0.619. The molecule has 3 N–H and O–H groups in total. The maximum atomic E-state index is 11.7. The Hall–Kier alpha value is -1.35. The maximum absolute atomic E-state index is 11.7. The van der Waals surface area contributed by atoms with E-state index in [0.717, 1.165) is 43.6 Å². The zero-order valence-corrected chi connectivity index (χ0v) is 19.8. The average molecular weight is 501 g/mol. The fourth-order valence-corrected chi connectivity index (χ4v) is 3.69. The number of carbonyl (C=O) groups excluding carboxylic acids is 1. The number of carbonyl (C=O) groups is 1. The molecule has 0 spiro atoms. The Balaban J connectivity index is 0.00000392. The maximum Gasteiger partial charge on any atom is 0.251 e. The van der Waals surface area contributed by atoms with Gasteiger partial charge < -0.3 is 16.0 Å². The number of piperidine rings is 1. The predicted molar refractivity (Wildman–Crippen MR) is 128 cm³/mol. The van der Waals surface area contributed by atoms with Gasteiger partial charge in [0.15, 0.2) is 5.96 Å². The molecule has 0 radical (unpaired) electrons. The number of guanidine groups is 1. The van der Waals surface area contributed by atoms with Crippen molar-refractivity contribution in [1.29, 1.82) is 0 Å². The normalized spacial score (nSPS) is 17.5. The second-order valence-corrected chi connectivity index (χ2v) is 7.05. The van der Waals surface area contributed by atoms with Crippen LogP contribution in [-0.2, 0) is 6.42 Å². The van der Waals surface area contributed by atoms with Crippen molar-refractivity contribution in [2.75, 3.05) is 40.3 Å². The van der Waals surface area contributed by atoms with E-state index >= 15 is 0 Å². The van der Waals surface area contributed by atoms with E-state index in [2.05, 4.69) is 32.8 Å². The molecule has 1 fully saturated rings. The molecule has 1 aliphatic rings. The summed E-state index contributed by atoms with van der Waals surface area (Å²) in [6.07, 6.45) is 6.10. The SMILES string of the molecule is CCC1CCCCN1CCNC(=NC)NCCc1cccc(C(=O)NC)c1.I. The first-order chi connectivity index (χ1) is 13.2. The van der Waals surface area contributed by atoms with E-state index in [1.807, 2.05) is 24.3 Å². The van der Waals surface area contributed by atoms with E-state index in [4.69, 9.17) is 0 Å². The molecule has 1 aromatic rings. The van der Waals surface area contributed by atoms with Crippen LogP contribution < -0.4 is 16.0 Å². The van der Waals surface area contributed by atoms with Crippen LogP contribution in [0.3, 0.4) is 0 Å². The number of likely N-dealkylation sites (tertiary alicyclic amines) is 1. The van der Waals surface area contributed by atoms with Crippen LogP contribution >= 0.6 is 24.0 Å². The number of halogens is 1. The smallest absolute Gasteiger partial charge is 0.251 e. The van der Waals surface area contributed by atoms with Gasteiger partial charge in [-0.3, -0.25) is 14.7 Å². The third-order valence-corrected chi connectivity index (χ3v) is 5.26. The van der Waals surface area contributed by atoms with Crippen molar-refractivity contribution in [3.63, 3.8) is 0 Å². The molecule has 0 aliphatic carbocycles. The van der Waals surface area contributed by atoms with Gasteiger partial charge in [-0.25, -0.2) is 0 Å². The Bertz CT molecular complexity index is 623. The van der Waals surface area contributed by atoms with Gasteiger partial charge >= 0.3 is 0 Å². The lowest BCUT2D eigenvalue weighted by Gasteiger charge is -2.35. The Morgan fingerprint density at radius 3 is 2.75 bits per heavy atom. The molecule has 2 rings (SSSR count). The Morgan fingerprint density at radius 2 is 2.04 bits per heavy atom. The molecule has 1 amide bonds. The zero-order chi connectivity index (χ0) is 19.5. The first-order valence-corrected chi connectivity index (χ1v) is 10.2. The molecule has 6 nitrogen and oxygen atoms in total. The Morgan fingerprint density at radius 1 is 1.25 bits per heavy atom. The minimum Gasteiger partial charge on any atom is -0.356 e. The van der Waals surface area contributed by atoms with Gasteiger partial charge in [0.05, 0.1) is 0 Å². The number of nitrogens with zero attached hydrogens (tertiary/aromatic N) is 2. The summed E-state index contributed by atoms with van der Waals surface area (Å²) in [5.74, 6) is 0.785. The van der Waals surface area contributed by atoms with Crippen LogP contribution in [0.15, 0.2) is 29.3 Å². The summed E-state index contributed by atoms with van der Waals surface area (Å²) in [4.78, 5) is 18.6. The van der Waals surface area contributed by atoms with Gasteiger partial charge in [0.1, 0.15) is 0 Å². The van der Waals surface area contributed by atoms with Gasteiger partial charge in [-0.05, 0) is 49.9 Å². The first-order valence-electron chi connectivity index (χ1n) is 10.2. The number of amides is 1. The molecule has 1 atom stereocenters. The van der Waals surface area contributed by atoms with Crippen molar-refractivity contribution < 1.29 is 4.79 Å². The van der Waals surface area contributed by atoms with Gasteiger partial charge in [0.25, 0.3) is 5.91 Å². The van der Waals surface area contributed by atoms with E-state index < -0.39 is 0 Å². The van der Waals surface area contributed by atoms with Crippen molar-refractivity contribution in [1.82, 2.24) is 20.9 Å². The zero-order valence-electron chi connectivity index (χ0n) is 17.5. The summed E-state index contributed by atoms with van der Waals surface area (Å²) in [5, 5.41) is 9.44. The highest BCUT2D eigenvalue weighted by molar-refractivity contribution is 14.0. The van der Waals surface area contributed by atoms with E-state index in [-0.39, 0.29) is 29.9 Å². The molecular weight excluding hydrogens is 465 g/mol. The quantitative estimate of drug-likeness (QED) is 0.291. The molecule has 1 aromatic carbocycles. The van der Waals surface area contributed by atoms with Gasteiger partial charge in [-0.15, -0.1) is 24.0 Å². The van der Waals surface area contributed by atoms with Crippen molar-refractivity contribution in [3.05, 3.63) is 35.4 Å². The van der Waals surface area contributed by atoms with Crippen LogP contribution in [0.2, 0.25) is 0 Å². The lowest BCUT2D eigenvalue weighted by Crippen LogP contribution is -2.46. The predicted octanol–water partition coefficient (Wildman–Crippen LogP) is 2.64. The number of rotatable bonds is 8. The van der Waals surface area contributed by atoms with E-state index in [9.17, 15) is 4.79 Å². The second-order valence-electron chi connectivity index (χ2n) is 7.05. The topological polar surface area (TPSA) is 68.8 Å². The molecule has 1 unspecified atom stereocenters. The van der Waals surface area contributed by atoms with Crippen LogP contribution in [0.5, 0.6) is 0 Å². The molecule has 0 bridgehead atoms. The summed E-state index contributed by atoms with van der Waals surface area (Å²) in [7, 11) is 3.45. The van der Waals surface area contributed by atoms with Crippen molar-refractivity contribution in [2.24, 2.45) is 4.99 Å². The fourth-order valence-electron chi connectivity index (χ4n) is 3.69. The van der Waals surface area contributed by atoms with Gasteiger partial charge in [0.2, 0.25) is 0 Å². The summed E-state index contributed by atoms with van der Waals surface area (Å²) in [5.41, 5.74) is 1.84. The minimum absolute atomic E-state index is 0. The van der Waals surface area contributed by atoms with Crippen molar-refractivity contribution in [2.45, 2.75) is 45.1 Å². The summed E-state index contributed by atoms with van der Waals surface area (Å²) >= 11 is 0. The molecule has 7 heteroatoms. The Kier molecular flexibility index (Phi) is 12.1. The van der Waals surface area contributed by atoms with Gasteiger partial charge in [0, 0.05) is 45.3 Å². The third kappa shape index (κ3) is 7.95. The molecule has 1 heterocycles. The lowest BCUT2D eigenvalue weighted by molar-refractivity contribution is 0.0963. The third-order valence-electron chi connectivity index (χ3n) is 5.26. The standard InChI is InChI=1S/C21H35N5O.HI/c1-4-19-10-5-6-14-26(19)15-13-25-21(23-3)24-12-11-17-8-7-9-18(16-17)20(27)22-2;/h7-9,16,19H,4-6,10-15H2,1-3H3,(H,22,27)(H2,23,24,25);1H. The lowest BCUT2D eigenvalue weighted by atomic mass is 10.0. The van der Waals surface area contributed by atoms with Gasteiger partial charge in [-0.2, -0.15) is 0 Å². The van der Waals surface area contributed by atoms with Crippen LogP contribution in [0.1, 0.15) is 48.5 Å². The largest absolute Gasteiger partial charge is 0.356 e. The number of aliphatic imine (C=N–C) groups is 1. The van der Waals surface area contributed by atoms with Crippen molar-refractivity contribution >= 4 is 35.8 Å². The molecule has 1 aliphatic heterocycles. The minimum atomic E-state index is -0.0506. The Labute approximate surface area is 187 Å². The molecular formula is C21H36IN5O. The molecule has 28 heavy (non-hydrogen) atoms. The summed E-state index contributed by atoms with van der Waals surface area (Å²) in [6.45, 7) is 6.25. The highest BCUT2D eigenvalue weighted by Gasteiger charge is 2.19. The van der Waals surface area contributed by atoms with Crippen LogP contribution in [0.4, 0.5) is 0 Å². The van der Waals surface area contributed by atoms with E-state index in [1.165, 1.54) is 32.2 Å². The molecule has 0 aromatic heterocycles. The number of hydrogen-bond acceptors (Lipinski definition) is 3. The van der Waals surface area contributed by atoms with Crippen molar-refractivity contribution in [3.8, 4) is 0 Å². The monoisotopic (exact) mass is 501 g/mol. The first kappa shape index (κ1) is 24.7. The van der Waals surface area contributed by atoms with Gasteiger partial charge in [-0.1, -0.05) is 25.5 Å². The highest BCUT2D eigenvalue weighted by atomic mass is 127. The number of hydrogen-bond donors (Lipinski definition) is 3. The molecule has 1 saturated heterocycles. The van der Waals surface area contributed by atoms with Crippen LogP contribution in [0, 0.1) is 0 Å².